The molecule has 1 aromatic heterocycles. The Bertz CT molecular complexity index is 704. The van der Waals surface area contributed by atoms with Crippen LogP contribution in [0.2, 0.25) is 5.02 Å². The highest BCUT2D eigenvalue weighted by molar-refractivity contribution is 7.14. The number of halogens is 1. The number of carbonyl (C=O) groups is 2. The lowest BCUT2D eigenvalue weighted by molar-refractivity contribution is -0.119. The third-order valence-corrected chi connectivity index (χ3v) is 4.09. The Balaban J connectivity index is 2.12. The first kappa shape index (κ1) is 17.4. The summed E-state index contributed by atoms with van der Waals surface area (Å²) in [5.74, 6) is -0.240. The molecule has 0 saturated carbocycles. The summed E-state index contributed by atoms with van der Waals surface area (Å²) in [6, 6.07) is 7.05. The van der Waals surface area contributed by atoms with E-state index in [9.17, 15) is 9.59 Å². The van der Waals surface area contributed by atoms with Gasteiger partial charge in [-0.25, -0.2) is 4.98 Å². The molecule has 0 fully saturated rings. The Morgan fingerprint density at radius 3 is 2.83 bits per heavy atom. The minimum absolute atomic E-state index is 0.0928. The number of amides is 2. The molecule has 6 nitrogen and oxygen atoms in total. The number of anilines is 2. The van der Waals surface area contributed by atoms with Gasteiger partial charge in [-0.1, -0.05) is 17.7 Å². The van der Waals surface area contributed by atoms with Crippen molar-refractivity contribution in [1.82, 2.24) is 15.6 Å². The second kappa shape index (κ2) is 8.05. The van der Waals surface area contributed by atoms with Gasteiger partial charge in [-0.05, 0) is 18.2 Å². The van der Waals surface area contributed by atoms with E-state index in [-0.39, 0.29) is 18.4 Å². The second-order valence-corrected chi connectivity index (χ2v) is 6.01. The van der Waals surface area contributed by atoms with Gasteiger partial charge in [0.05, 0.1) is 17.9 Å². The molecule has 2 amide bonds. The minimum Gasteiger partial charge on any atom is -0.358 e. The van der Waals surface area contributed by atoms with Gasteiger partial charge in [-0.3, -0.25) is 14.5 Å². The SMILES string of the molecule is CNC(=O)CNCc1csc(N(C(C)=O)c2cccc(Cl)c2)n1. The smallest absolute Gasteiger partial charge is 0.233 e. The summed E-state index contributed by atoms with van der Waals surface area (Å²) in [6.07, 6.45) is 0. The fraction of sp³-hybridized carbons (Fsp3) is 0.267. The maximum absolute atomic E-state index is 12.0. The predicted molar refractivity (Wildman–Crippen MR) is 92.2 cm³/mol. The zero-order chi connectivity index (χ0) is 16.8. The molecular weight excluding hydrogens is 336 g/mol. The predicted octanol–water partition coefficient (Wildman–Crippen LogP) is 2.32. The topological polar surface area (TPSA) is 74.3 Å². The maximum atomic E-state index is 12.0. The van der Waals surface area contributed by atoms with Crippen molar-refractivity contribution in [2.75, 3.05) is 18.5 Å². The highest BCUT2D eigenvalue weighted by atomic mass is 35.5. The van der Waals surface area contributed by atoms with Gasteiger partial charge in [-0.2, -0.15) is 0 Å². The van der Waals surface area contributed by atoms with Crippen molar-refractivity contribution in [2.45, 2.75) is 13.5 Å². The van der Waals surface area contributed by atoms with Gasteiger partial charge in [0.25, 0.3) is 0 Å². The largest absolute Gasteiger partial charge is 0.358 e. The summed E-state index contributed by atoms with van der Waals surface area (Å²) in [7, 11) is 1.58. The number of nitrogens with one attached hydrogen (secondary N) is 2. The van der Waals surface area contributed by atoms with Gasteiger partial charge in [0, 0.05) is 30.9 Å². The third kappa shape index (κ3) is 4.75. The summed E-state index contributed by atoms with van der Waals surface area (Å²) < 4.78 is 0. The first-order chi connectivity index (χ1) is 11.0. The van der Waals surface area contributed by atoms with Crippen LogP contribution in [0.1, 0.15) is 12.6 Å². The molecule has 1 heterocycles. The zero-order valence-corrected chi connectivity index (χ0v) is 14.4. The van der Waals surface area contributed by atoms with Crippen molar-refractivity contribution >= 4 is 45.6 Å². The Labute approximate surface area is 143 Å². The Kier molecular flexibility index (Phi) is 6.09. The van der Waals surface area contributed by atoms with E-state index >= 15 is 0 Å². The van der Waals surface area contributed by atoms with Gasteiger partial charge in [0.2, 0.25) is 11.8 Å². The van der Waals surface area contributed by atoms with Crippen LogP contribution in [0.3, 0.4) is 0 Å². The zero-order valence-electron chi connectivity index (χ0n) is 12.8. The van der Waals surface area contributed by atoms with Crippen molar-refractivity contribution in [3.05, 3.63) is 40.4 Å². The molecule has 23 heavy (non-hydrogen) atoms. The molecular formula is C15H17ClN4O2S. The Hall–Kier alpha value is -1.96. The van der Waals surface area contributed by atoms with Crippen LogP contribution in [-0.2, 0) is 16.1 Å². The summed E-state index contributed by atoms with van der Waals surface area (Å²) in [5.41, 5.74) is 1.44. The van der Waals surface area contributed by atoms with Gasteiger partial charge in [-0.15, -0.1) is 11.3 Å². The van der Waals surface area contributed by atoms with Gasteiger partial charge < -0.3 is 10.6 Å². The van der Waals surface area contributed by atoms with E-state index in [0.717, 1.165) is 5.69 Å². The van der Waals surface area contributed by atoms with E-state index < -0.39 is 0 Å². The molecule has 0 bridgehead atoms. The van der Waals surface area contributed by atoms with Crippen LogP contribution in [0.4, 0.5) is 10.8 Å². The number of carbonyl (C=O) groups excluding carboxylic acids is 2. The van der Waals surface area contributed by atoms with Gasteiger partial charge in [0.1, 0.15) is 0 Å². The molecule has 0 aliphatic heterocycles. The second-order valence-electron chi connectivity index (χ2n) is 4.73. The molecule has 0 radical (unpaired) electrons. The lowest BCUT2D eigenvalue weighted by Crippen LogP contribution is -2.31. The summed E-state index contributed by atoms with van der Waals surface area (Å²) >= 11 is 7.36. The molecule has 0 saturated heterocycles. The van der Waals surface area contributed by atoms with E-state index in [1.807, 2.05) is 5.38 Å². The maximum Gasteiger partial charge on any atom is 0.233 e. The van der Waals surface area contributed by atoms with Crippen molar-refractivity contribution in [2.24, 2.45) is 0 Å². The van der Waals surface area contributed by atoms with E-state index in [4.69, 9.17) is 11.6 Å². The van der Waals surface area contributed by atoms with Crippen LogP contribution in [0.15, 0.2) is 29.6 Å². The van der Waals surface area contributed by atoms with Crippen molar-refractivity contribution < 1.29 is 9.59 Å². The summed E-state index contributed by atoms with van der Waals surface area (Å²) in [6.45, 7) is 2.14. The lowest BCUT2D eigenvalue weighted by atomic mass is 10.3. The van der Waals surface area contributed by atoms with Crippen molar-refractivity contribution in [3.63, 3.8) is 0 Å². The van der Waals surface area contributed by atoms with E-state index in [2.05, 4.69) is 15.6 Å². The average Bonchev–Trinajstić information content (AvgIpc) is 2.95. The lowest BCUT2D eigenvalue weighted by Gasteiger charge is -2.18. The van der Waals surface area contributed by atoms with E-state index in [0.29, 0.717) is 22.4 Å². The summed E-state index contributed by atoms with van der Waals surface area (Å²) in [5, 5.41) is 8.50. The van der Waals surface area contributed by atoms with Gasteiger partial charge in [0.15, 0.2) is 5.13 Å². The molecule has 2 rings (SSSR count). The quantitative estimate of drug-likeness (QED) is 0.836. The Morgan fingerprint density at radius 2 is 2.17 bits per heavy atom. The summed E-state index contributed by atoms with van der Waals surface area (Å²) in [4.78, 5) is 29.1. The molecule has 0 unspecified atom stereocenters. The van der Waals surface area contributed by atoms with Crippen molar-refractivity contribution in [1.29, 1.82) is 0 Å². The first-order valence-corrected chi connectivity index (χ1v) is 8.19. The molecule has 122 valence electrons. The first-order valence-electron chi connectivity index (χ1n) is 6.93. The van der Waals surface area contributed by atoms with Crippen LogP contribution in [0.25, 0.3) is 0 Å². The van der Waals surface area contributed by atoms with Crippen LogP contribution in [0, 0.1) is 0 Å². The van der Waals surface area contributed by atoms with Gasteiger partial charge >= 0.3 is 0 Å². The fourth-order valence-corrected chi connectivity index (χ4v) is 2.99. The number of aromatic nitrogens is 1. The van der Waals surface area contributed by atoms with E-state index in [1.54, 1.807) is 31.3 Å². The van der Waals surface area contributed by atoms with Crippen LogP contribution < -0.4 is 15.5 Å². The number of hydrogen-bond donors (Lipinski definition) is 2. The number of benzene rings is 1. The average molecular weight is 353 g/mol. The number of nitrogens with zero attached hydrogens (tertiary/aromatic N) is 2. The minimum atomic E-state index is -0.147. The molecule has 1 aromatic carbocycles. The third-order valence-electron chi connectivity index (χ3n) is 2.98. The highest BCUT2D eigenvalue weighted by Gasteiger charge is 2.18. The normalized spacial score (nSPS) is 10.4. The molecule has 2 aromatic rings. The molecule has 0 aliphatic carbocycles. The standard InChI is InChI=1S/C15H17ClN4O2S/c1-10(21)20(13-5-3-4-11(16)6-13)15-19-12(9-23-15)7-18-8-14(22)17-2/h3-6,9,18H,7-8H2,1-2H3,(H,17,22). The Morgan fingerprint density at radius 1 is 1.39 bits per heavy atom. The number of thiazole rings is 1. The van der Waals surface area contributed by atoms with Crippen LogP contribution >= 0.6 is 22.9 Å². The number of hydrogen-bond acceptors (Lipinski definition) is 5. The highest BCUT2D eigenvalue weighted by Crippen LogP contribution is 2.30. The van der Waals surface area contributed by atoms with Crippen LogP contribution in [0.5, 0.6) is 0 Å². The number of likely N-dealkylation sites (N-methyl/N-ethyl adjacent to an activating group) is 1. The van der Waals surface area contributed by atoms with Crippen LogP contribution in [-0.4, -0.2) is 30.4 Å². The molecule has 0 atom stereocenters. The molecule has 2 N–H and O–H groups in total. The number of rotatable bonds is 6. The molecule has 0 aliphatic rings. The monoisotopic (exact) mass is 352 g/mol. The van der Waals surface area contributed by atoms with E-state index in [1.165, 1.54) is 23.2 Å². The van der Waals surface area contributed by atoms with Crippen molar-refractivity contribution in [3.8, 4) is 0 Å². The molecule has 8 heteroatoms. The fourth-order valence-electron chi connectivity index (χ4n) is 1.91. The molecule has 0 spiro atoms.